The summed E-state index contributed by atoms with van der Waals surface area (Å²) in [6.45, 7) is 2.06. The third kappa shape index (κ3) is 4.36. The summed E-state index contributed by atoms with van der Waals surface area (Å²) >= 11 is 7.59. The van der Waals surface area contributed by atoms with E-state index in [1.807, 2.05) is 36.4 Å². The van der Waals surface area contributed by atoms with Crippen LogP contribution in [0.3, 0.4) is 0 Å². The molecule has 0 aliphatic heterocycles. The second-order valence-corrected chi connectivity index (χ2v) is 7.96. The van der Waals surface area contributed by atoms with Crippen molar-refractivity contribution in [2.45, 2.75) is 6.92 Å². The molecule has 3 nitrogen and oxygen atoms in total. The first-order valence-corrected chi connectivity index (χ1v) is 10.1. The molecule has 1 amide bonds. The summed E-state index contributed by atoms with van der Waals surface area (Å²) in [7, 11) is 0. The average molecular weight is 423 g/mol. The number of thiazole rings is 1. The Labute approximate surface area is 176 Å². The normalized spacial score (nSPS) is 11.3. The van der Waals surface area contributed by atoms with Crippen molar-refractivity contribution >= 4 is 50.8 Å². The van der Waals surface area contributed by atoms with E-state index in [0.717, 1.165) is 20.8 Å². The van der Waals surface area contributed by atoms with Gasteiger partial charge in [-0.25, -0.2) is 9.37 Å². The van der Waals surface area contributed by atoms with Gasteiger partial charge in [0.05, 0.1) is 15.2 Å². The van der Waals surface area contributed by atoms with Gasteiger partial charge in [0.15, 0.2) is 0 Å². The van der Waals surface area contributed by atoms with Crippen LogP contribution in [0.25, 0.3) is 26.9 Å². The summed E-state index contributed by atoms with van der Waals surface area (Å²) in [5.74, 6) is -0.843. The maximum Gasteiger partial charge on any atom is 0.248 e. The maximum absolute atomic E-state index is 13.8. The Morgan fingerprint density at radius 3 is 2.69 bits per heavy atom. The second kappa shape index (κ2) is 8.15. The van der Waals surface area contributed by atoms with Crippen LogP contribution in [0.1, 0.15) is 11.1 Å². The Kier molecular flexibility index (Phi) is 5.43. The van der Waals surface area contributed by atoms with Crippen molar-refractivity contribution in [3.8, 4) is 10.6 Å². The smallest absolute Gasteiger partial charge is 0.248 e. The molecular weight excluding hydrogens is 407 g/mol. The molecule has 3 aromatic carbocycles. The molecule has 144 valence electrons. The molecule has 29 heavy (non-hydrogen) atoms. The minimum Gasteiger partial charge on any atom is -0.323 e. The summed E-state index contributed by atoms with van der Waals surface area (Å²) in [6.07, 6.45) is 2.62. The molecule has 0 bridgehead atoms. The van der Waals surface area contributed by atoms with Gasteiger partial charge in [-0.1, -0.05) is 23.7 Å². The second-order valence-electron chi connectivity index (χ2n) is 6.53. The number of carbonyl (C=O) groups excluding carboxylic acids is 1. The van der Waals surface area contributed by atoms with Crippen LogP contribution < -0.4 is 5.32 Å². The molecule has 1 aromatic heterocycles. The minimum absolute atomic E-state index is 0.186. The average Bonchev–Trinajstić information content (AvgIpc) is 3.11. The number of hydrogen-bond donors (Lipinski definition) is 1. The number of benzene rings is 3. The van der Waals surface area contributed by atoms with E-state index in [4.69, 9.17) is 11.6 Å². The van der Waals surface area contributed by atoms with Crippen LogP contribution in [-0.2, 0) is 4.79 Å². The van der Waals surface area contributed by atoms with E-state index < -0.39 is 5.82 Å². The predicted molar refractivity (Wildman–Crippen MR) is 119 cm³/mol. The third-order valence-corrected chi connectivity index (χ3v) is 5.74. The number of amides is 1. The zero-order valence-corrected chi connectivity index (χ0v) is 17.0. The van der Waals surface area contributed by atoms with Gasteiger partial charge in [-0.3, -0.25) is 4.79 Å². The Morgan fingerprint density at radius 1 is 1.14 bits per heavy atom. The summed E-state index contributed by atoms with van der Waals surface area (Å²) in [4.78, 5) is 16.8. The van der Waals surface area contributed by atoms with Gasteiger partial charge in [0.1, 0.15) is 10.8 Å². The van der Waals surface area contributed by atoms with Crippen LogP contribution in [0.5, 0.6) is 0 Å². The first-order valence-electron chi connectivity index (χ1n) is 8.90. The van der Waals surface area contributed by atoms with Crippen LogP contribution in [0.15, 0.2) is 66.7 Å². The zero-order valence-electron chi connectivity index (χ0n) is 15.4. The van der Waals surface area contributed by atoms with Crippen molar-refractivity contribution in [3.63, 3.8) is 0 Å². The maximum atomic E-state index is 13.8. The number of rotatable bonds is 4. The minimum atomic E-state index is -0.475. The molecule has 0 saturated heterocycles. The molecule has 4 rings (SSSR count). The first kappa shape index (κ1) is 19.3. The number of hydrogen-bond acceptors (Lipinski definition) is 3. The molecule has 0 fully saturated rings. The van der Waals surface area contributed by atoms with Crippen LogP contribution in [0.2, 0.25) is 5.02 Å². The van der Waals surface area contributed by atoms with Gasteiger partial charge in [0.2, 0.25) is 5.91 Å². The fraction of sp³-hybridized carbons (Fsp3) is 0.0435. The predicted octanol–water partition coefficient (Wildman–Crippen LogP) is 6.72. The Bertz CT molecular complexity index is 1210. The highest BCUT2D eigenvalue weighted by Crippen LogP contribution is 2.31. The van der Waals surface area contributed by atoms with E-state index in [1.165, 1.54) is 29.8 Å². The molecule has 4 aromatic rings. The number of nitrogens with one attached hydrogen (secondary N) is 1. The molecule has 0 atom stereocenters. The summed E-state index contributed by atoms with van der Waals surface area (Å²) in [5.41, 5.74) is 3.99. The highest BCUT2D eigenvalue weighted by Gasteiger charge is 2.08. The van der Waals surface area contributed by atoms with E-state index in [1.54, 1.807) is 17.4 Å². The quantitative estimate of drug-likeness (QED) is 0.371. The van der Waals surface area contributed by atoms with Gasteiger partial charge < -0.3 is 5.32 Å². The molecule has 6 heteroatoms. The Hall–Kier alpha value is -3.02. The van der Waals surface area contributed by atoms with Gasteiger partial charge >= 0.3 is 0 Å². The van der Waals surface area contributed by atoms with Crippen LogP contribution in [0.4, 0.5) is 10.1 Å². The monoisotopic (exact) mass is 422 g/mol. The van der Waals surface area contributed by atoms with Crippen molar-refractivity contribution in [1.29, 1.82) is 0 Å². The van der Waals surface area contributed by atoms with E-state index in [0.29, 0.717) is 5.69 Å². The fourth-order valence-corrected chi connectivity index (χ4v) is 4.16. The Morgan fingerprint density at radius 2 is 1.93 bits per heavy atom. The molecule has 0 unspecified atom stereocenters. The largest absolute Gasteiger partial charge is 0.323 e. The van der Waals surface area contributed by atoms with Crippen LogP contribution in [-0.4, -0.2) is 10.9 Å². The molecule has 0 radical (unpaired) electrons. The summed E-state index contributed by atoms with van der Waals surface area (Å²) in [6, 6.07) is 18.0. The number of nitrogens with zero attached hydrogens (tertiary/aromatic N) is 1. The van der Waals surface area contributed by atoms with Crippen LogP contribution in [0, 0.1) is 12.7 Å². The molecule has 1 heterocycles. The highest BCUT2D eigenvalue weighted by molar-refractivity contribution is 7.21. The standard InChI is InChI=1S/C23H16ClFN2OS/c1-14-5-11-20-21(13-14)29-23(27-20)15-6-8-16(9-7-15)26-22(28)12-10-17-18(24)3-2-4-19(17)25/h2-13H,1H3,(H,26,28)/b12-10+. The molecule has 0 saturated carbocycles. The van der Waals surface area contributed by atoms with E-state index in [2.05, 4.69) is 23.3 Å². The van der Waals surface area contributed by atoms with E-state index >= 15 is 0 Å². The van der Waals surface area contributed by atoms with Crippen molar-refractivity contribution < 1.29 is 9.18 Å². The number of fused-ring (bicyclic) bond motifs is 1. The lowest BCUT2D eigenvalue weighted by Gasteiger charge is -2.04. The summed E-state index contributed by atoms with van der Waals surface area (Å²) in [5, 5.41) is 3.94. The molecule has 0 spiro atoms. The number of anilines is 1. The van der Waals surface area contributed by atoms with Gasteiger partial charge in [-0.2, -0.15) is 0 Å². The summed E-state index contributed by atoms with van der Waals surface area (Å²) < 4.78 is 14.9. The molecular formula is C23H16ClFN2OS. The van der Waals surface area contributed by atoms with Crippen molar-refractivity contribution in [2.75, 3.05) is 5.32 Å². The van der Waals surface area contributed by atoms with Gasteiger partial charge in [0, 0.05) is 22.9 Å². The highest BCUT2D eigenvalue weighted by atomic mass is 35.5. The number of carbonyl (C=O) groups is 1. The Balaban J connectivity index is 1.47. The first-order chi connectivity index (χ1) is 14.0. The van der Waals surface area contributed by atoms with Crippen molar-refractivity contribution in [2.24, 2.45) is 0 Å². The number of aryl methyl sites for hydroxylation is 1. The third-order valence-electron chi connectivity index (χ3n) is 4.34. The lowest BCUT2D eigenvalue weighted by atomic mass is 10.2. The van der Waals surface area contributed by atoms with Gasteiger partial charge in [-0.05, 0) is 67.1 Å². The van der Waals surface area contributed by atoms with Gasteiger partial charge in [0.25, 0.3) is 0 Å². The topological polar surface area (TPSA) is 42.0 Å². The molecule has 1 N–H and O–H groups in total. The SMILES string of the molecule is Cc1ccc2nc(-c3ccc(NC(=O)/C=C/c4c(F)cccc4Cl)cc3)sc2c1. The van der Waals surface area contributed by atoms with E-state index in [9.17, 15) is 9.18 Å². The van der Waals surface area contributed by atoms with Crippen LogP contribution >= 0.6 is 22.9 Å². The zero-order chi connectivity index (χ0) is 20.4. The lowest BCUT2D eigenvalue weighted by Crippen LogP contribution is -2.07. The van der Waals surface area contributed by atoms with Crippen molar-refractivity contribution in [1.82, 2.24) is 4.98 Å². The van der Waals surface area contributed by atoms with E-state index in [-0.39, 0.29) is 16.5 Å². The van der Waals surface area contributed by atoms with Gasteiger partial charge in [-0.15, -0.1) is 11.3 Å². The number of aromatic nitrogens is 1. The lowest BCUT2D eigenvalue weighted by molar-refractivity contribution is -0.111. The molecule has 0 aliphatic rings. The number of halogens is 2. The fourth-order valence-electron chi connectivity index (χ4n) is 2.86. The van der Waals surface area contributed by atoms with Crippen molar-refractivity contribution in [3.05, 3.63) is 88.7 Å². The molecule has 0 aliphatic carbocycles.